The molecule has 1 aliphatic heterocycles. The number of carbonyl (C=O) groups excluding carboxylic acids is 1. The van der Waals surface area contributed by atoms with Crippen molar-refractivity contribution in [2.24, 2.45) is 0 Å². The number of hydrogen-bond acceptors (Lipinski definition) is 3. The maximum atomic E-state index is 11.9. The van der Waals surface area contributed by atoms with E-state index in [2.05, 4.69) is 23.2 Å². The molecule has 0 radical (unpaired) electrons. The number of nitrogens with one attached hydrogen (secondary N) is 1. The molecule has 1 aromatic rings. The topological polar surface area (TPSA) is 61.6 Å². The minimum absolute atomic E-state index is 0.0608. The predicted molar refractivity (Wildman–Crippen MR) is 82.9 cm³/mol. The first-order chi connectivity index (χ1) is 9.70. The lowest BCUT2D eigenvalue weighted by Crippen LogP contribution is -2.52. The van der Waals surface area contributed by atoms with Gasteiger partial charge in [-0.05, 0) is 24.6 Å². The second-order valence-electron chi connectivity index (χ2n) is 5.15. The summed E-state index contributed by atoms with van der Waals surface area (Å²) in [5.74, 6) is 0. The van der Waals surface area contributed by atoms with Gasteiger partial charge in [-0.25, -0.2) is 4.79 Å². The van der Waals surface area contributed by atoms with E-state index in [-0.39, 0.29) is 6.03 Å². The summed E-state index contributed by atoms with van der Waals surface area (Å²) >= 11 is 0. The van der Waals surface area contributed by atoms with Gasteiger partial charge >= 0.3 is 6.03 Å². The van der Waals surface area contributed by atoms with Crippen LogP contribution in [-0.4, -0.2) is 43.7 Å². The molecule has 0 spiro atoms. The summed E-state index contributed by atoms with van der Waals surface area (Å²) in [6.07, 6.45) is 2.14. The molecule has 2 rings (SSSR count). The lowest BCUT2D eigenvalue weighted by Gasteiger charge is -2.36. The smallest absolute Gasteiger partial charge is 0.317 e. The van der Waals surface area contributed by atoms with Crippen LogP contribution in [0.2, 0.25) is 0 Å². The number of rotatable bonds is 4. The number of carbonyl (C=O) groups is 1. The number of nitrogen functional groups attached to an aromatic ring is 1. The van der Waals surface area contributed by atoms with Crippen LogP contribution in [0.3, 0.4) is 0 Å². The monoisotopic (exact) mass is 276 g/mol. The molecule has 1 fully saturated rings. The number of amides is 2. The number of piperazine rings is 1. The molecule has 1 aliphatic rings. The normalized spacial score (nSPS) is 15.2. The number of nitrogens with two attached hydrogens (primary N) is 1. The highest BCUT2D eigenvalue weighted by Crippen LogP contribution is 2.19. The van der Waals surface area contributed by atoms with Crippen molar-refractivity contribution < 1.29 is 4.79 Å². The third kappa shape index (κ3) is 3.79. The van der Waals surface area contributed by atoms with Crippen molar-refractivity contribution in [3.63, 3.8) is 0 Å². The zero-order valence-electron chi connectivity index (χ0n) is 12.1. The highest BCUT2D eigenvalue weighted by molar-refractivity contribution is 5.74. The van der Waals surface area contributed by atoms with Gasteiger partial charge in [-0.3, -0.25) is 0 Å². The Labute approximate surface area is 120 Å². The van der Waals surface area contributed by atoms with Crippen molar-refractivity contribution in [3.05, 3.63) is 24.3 Å². The zero-order valence-corrected chi connectivity index (χ0v) is 12.1. The Morgan fingerprint density at radius 1 is 1.30 bits per heavy atom. The van der Waals surface area contributed by atoms with Gasteiger partial charge in [0.15, 0.2) is 0 Å². The van der Waals surface area contributed by atoms with E-state index in [0.717, 1.165) is 56.9 Å². The SMILES string of the molecule is CCCCNC(=O)N1CCN(c2cccc(N)c2)CC1. The number of unbranched alkanes of at least 4 members (excludes halogenated alkanes) is 1. The molecule has 0 aliphatic carbocycles. The molecule has 1 saturated heterocycles. The van der Waals surface area contributed by atoms with Crippen LogP contribution >= 0.6 is 0 Å². The molecule has 5 nitrogen and oxygen atoms in total. The maximum Gasteiger partial charge on any atom is 0.317 e. The van der Waals surface area contributed by atoms with E-state index in [4.69, 9.17) is 5.73 Å². The number of hydrogen-bond donors (Lipinski definition) is 2. The molecule has 0 saturated carbocycles. The quantitative estimate of drug-likeness (QED) is 0.652. The van der Waals surface area contributed by atoms with E-state index in [1.807, 2.05) is 23.1 Å². The Morgan fingerprint density at radius 3 is 2.70 bits per heavy atom. The average molecular weight is 276 g/mol. The van der Waals surface area contributed by atoms with Crippen LogP contribution in [0, 0.1) is 0 Å². The largest absolute Gasteiger partial charge is 0.399 e. The Hall–Kier alpha value is -1.91. The minimum atomic E-state index is 0.0608. The van der Waals surface area contributed by atoms with Crippen molar-refractivity contribution >= 4 is 17.4 Å². The standard InChI is InChI=1S/C15H24N4O/c1-2-3-7-17-15(20)19-10-8-18(9-11-19)14-6-4-5-13(16)12-14/h4-6,12H,2-3,7-11,16H2,1H3,(H,17,20). The van der Waals surface area contributed by atoms with Gasteiger partial charge in [-0.1, -0.05) is 19.4 Å². The predicted octanol–water partition coefficient (Wildman–Crippen LogP) is 1.90. The molecule has 1 heterocycles. The molecule has 0 bridgehead atoms. The summed E-state index contributed by atoms with van der Waals surface area (Å²) < 4.78 is 0. The van der Waals surface area contributed by atoms with Gasteiger partial charge in [0.1, 0.15) is 0 Å². The first kappa shape index (κ1) is 14.5. The minimum Gasteiger partial charge on any atom is -0.399 e. The molecule has 20 heavy (non-hydrogen) atoms. The third-order valence-electron chi connectivity index (χ3n) is 3.61. The number of anilines is 2. The molecule has 2 amide bonds. The maximum absolute atomic E-state index is 11.9. The van der Waals surface area contributed by atoms with Crippen LogP contribution in [0.5, 0.6) is 0 Å². The summed E-state index contributed by atoms with van der Waals surface area (Å²) in [7, 11) is 0. The van der Waals surface area contributed by atoms with Crippen molar-refractivity contribution in [1.29, 1.82) is 0 Å². The fourth-order valence-electron chi connectivity index (χ4n) is 2.37. The van der Waals surface area contributed by atoms with Gasteiger partial charge in [0, 0.05) is 44.1 Å². The van der Waals surface area contributed by atoms with Gasteiger partial charge in [-0.15, -0.1) is 0 Å². The van der Waals surface area contributed by atoms with Crippen molar-refractivity contribution in [2.45, 2.75) is 19.8 Å². The summed E-state index contributed by atoms with van der Waals surface area (Å²) in [5, 5.41) is 2.97. The Morgan fingerprint density at radius 2 is 2.05 bits per heavy atom. The van der Waals surface area contributed by atoms with Crippen LogP contribution in [-0.2, 0) is 0 Å². The van der Waals surface area contributed by atoms with Gasteiger partial charge in [0.25, 0.3) is 0 Å². The molecule has 0 aromatic heterocycles. The van der Waals surface area contributed by atoms with E-state index < -0.39 is 0 Å². The van der Waals surface area contributed by atoms with E-state index >= 15 is 0 Å². The lowest BCUT2D eigenvalue weighted by molar-refractivity contribution is 0.194. The highest BCUT2D eigenvalue weighted by Gasteiger charge is 2.20. The summed E-state index contributed by atoms with van der Waals surface area (Å²) in [5.41, 5.74) is 7.72. The van der Waals surface area contributed by atoms with E-state index in [1.165, 1.54) is 0 Å². The summed E-state index contributed by atoms with van der Waals surface area (Å²) in [4.78, 5) is 16.1. The Kier molecular flexibility index (Phi) is 5.09. The first-order valence-electron chi connectivity index (χ1n) is 7.34. The van der Waals surface area contributed by atoms with Gasteiger partial charge in [-0.2, -0.15) is 0 Å². The molecular formula is C15H24N4O. The molecule has 1 aromatic carbocycles. The van der Waals surface area contributed by atoms with Gasteiger partial charge < -0.3 is 20.9 Å². The van der Waals surface area contributed by atoms with Crippen LogP contribution in [0.25, 0.3) is 0 Å². The van der Waals surface area contributed by atoms with Crippen molar-refractivity contribution in [1.82, 2.24) is 10.2 Å². The number of urea groups is 1. The van der Waals surface area contributed by atoms with Crippen LogP contribution in [0.1, 0.15) is 19.8 Å². The third-order valence-corrected chi connectivity index (χ3v) is 3.61. The number of benzene rings is 1. The second kappa shape index (κ2) is 7.03. The van der Waals surface area contributed by atoms with E-state index in [0.29, 0.717) is 0 Å². The fraction of sp³-hybridized carbons (Fsp3) is 0.533. The van der Waals surface area contributed by atoms with E-state index in [9.17, 15) is 4.79 Å². The van der Waals surface area contributed by atoms with Gasteiger partial charge in [0.2, 0.25) is 0 Å². The lowest BCUT2D eigenvalue weighted by atomic mass is 10.2. The van der Waals surface area contributed by atoms with Crippen molar-refractivity contribution in [2.75, 3.05) is 43.4 Å². The Balaban J connectivity index is 1.81. The molecule has 0 unspecified atom stereocenters. The van der Waals surface area contributed by atoms with Crippen molar-refractivity contribution in [3.8, 4) is 0 Å². The van der Waals surface area contributed by atoms with Crippen LogP contribution in [0.15, 0.2) is 24.3 Å². The molecule has 3 N–H and O–H groups in total. The highest BCUT2D eigenvalue weighted by atomic mass is 16.2. The second-order valence-corrected chi connectivity index (χ2v) is 5.15. The molecular weight excluding hydrogens is 252 g/mol. The van der Waals surface area contributed by atoms with Gasteiger partial charge in [0.05, 0.1) is 0 Å². The molecule has 5 heteroatoms. The molecule has 0 atom stereocenters. The molecule has 110 valence electrons. The zero-order chi connectivity index (χ0) is 14.4. The Bertz CT molecular complexity index is 441. The number of nitrogens with zero attached hydrogens (tertiary/aromatic N) is 2. The van der Waals surface area contributed by atoms with E-state index in [1.54, 1.807) is 0 Å². The first-order valence-corrected chi connectivity index (χ1v) is 7.34. The summed E-state index contributed by atoms with van der Waals surface area (Å²) in [6, 6.07) is 7.96. The fourth-order valence-corrected chi connectivity index (χ4v) is 2.37. The average Bonchev–Trinajstić information content (AvgIpc) is 2.47. The summed E-state index contributed by atoms with van der Waals surface area (Å²) in [6.45, 7) is 6.11. The van der Waals surface area contributed by atoms with Crippen LogP contribution < -0.4 is 16.0 Å². The van der Waals surface area contributed by atoms with Crippen LogP contribution in [0.4, 0.5) is 16.2 Å².